The lowest BCUT2D eigenvalue weighted by atomic mass is 9.95. The molecule has 32 heavy (non-hydrogen) atoms. The minimum Gasteiger partial charge on any atom is -0.367 e. The lowest BCUT2D eigenvalue weighted by Gasteiger charge is -2.32. The van der Waals surface area contributed by atoms with Gasteiger partial charge in [-0.25, -0.2) is 4.98 Å². The van der Waals surface area contributed by atoms with Crippen molar-refractivity contribution in [3.8, 4) is 0 Å². The molecule has 1 aliphatic heterocycles. The van der Waals surface area contributed by atoms with Gasteiger partial charge in [-0.1, -0.05) is 25.8 Å². The molecule has 1 saturated carbocycles. The van der Waals surface area contributed by atoms with E-state index in [1.54, 1.807) is 11.1 Å². The van der Waals surface area contributed by atoms with Crippen LogP contribution < -0.4 is 16.4 Å². The Morgan fingerprint density at radius 2 is 1.97 bits per heavy atom. The van der Waals surface area contributed by atoms with Gasteiger partial charge in [-0.2, -0.15) is 10.1 Å². The van der Waals surface area contributed by atoms with Crippen molar-refractivity contribution in [2.45, 2.75) is 57.0 Å². The summed E-state index contributed by atoms with van der Waals surface area (Å²) in [4.78, 5) is 34.4. The summed E-state index contributed by atoms with van der Waals surface area (Å²) in [5.41, 5.74) is 6.54. The van der Waals surface area contributed by atoms with Gasteiger partial charge in [0.1, 0.15) is 5.82 Å². The largest absolute Gasteiger partial charge is 0.367 e. The fourth-order valence-corrected chi connectivity index (χ4v) is 4.40. The molecule has 0 spiro atoms. The van der Waals surface area contributed by atoms with Gasteiger partial charge in [0.15, 0.2) is 0 Å². The highest BCUT2D eigenvalue weighted by atomic mass is 16.2. The molecule has 10 nitrogen and oxygen atoms in total. The van der Waals surface area contributed by atoms with Crippen LogP contribution in [0.5, 0.6) is 0 Å². The minimum absolute atomic E-state index is 0.0545. The van der Waals surface area contributed by atoms with Gasteiger partial charge in [0.2, 0.25) is 11.9 Å². The molecule has 2 fully saturated rings. The topological polar surface area (TPSA) is 131 Å². The Morgan fingerprint density at radius 1 is 1.16 bits per heavy atom. The van der Waals surface area contributed by atoms with Crippen LogP contribution >= 0.6 is 0 Å². The molecule has 0 radical (unpaired) electrons. The Hall–Kier alpha value is -3.43. The number of rotatable bonds is 7. The zero-order chi connectivity index (χ0) is 22.5. The molecule has 4 N–H and O–H groups in total. The Morgan fingerprint density at radius 3 is 2.72 bits per heavy atom. The number of carbonyl (C=O) groups is 2. The van der Waals surface area contributed by atoms with Crippen LogP contribution in [0.15, 0.2) is 31.2 Å². The van der Waals surface area contributed by atoms with Crippen molar-refractivity contribution < 1.29 is 9.59 Å². The summed E-state index contributed by atoms with van der Waals surface area (Å²) in [6.07, 6.45) is 13.9. The van der Waals surface area contributed by atoms with E-state index < -0.39 is 5.91 Å². The number of piperidine rings is 1. The molecule has 0 aromatic carbocycles. The first kappa shape index (κ1) is 21.8. The molecule has 1 saturated heterocycles. The van der Waals surface area contributed by atoms with Gasteiger partial charge in [0.05, 0.1) is 23.5 Å². The highest BCUT2D eigenvalue weighted by Crippen LogP contribution is 2.25. The number of nitrogens with zero attached hydrogens (tertiary/aromatic N) is 5. The van der Waals surface area contributed by atoms with Gasteiger partial charge in [0.25, 0.3) is 5.91 Å². The van der Waals surface area contributed by atoms with E-state index in [2.05, 4.69) is 32.3 Å². The van der Waals surface area contributed by atoms with Crippen LogP contribution in [0, 0.1) is 0 Å². The van der Waals surface area contributed by atoms with Crippen molar-refractivity contribution in [2.75, 3.05) is 23.7 Å². The third kappa shape index (κ3) is 5.06. The van der Waals surface area contributed by atoms with Crippen LogP contribution in [0.25, 0.3) is 0 Å². The number of aromatic nitrogens is 4. The van der Waals surface area contributed by atoms with Crippen LogP contribution in [-0.4, -0.2) is 55.6 Å². The van der Waals surface area contributed by atoms with Crippen molar-refractivity contribution in [1.29, 1.82) is 0 Å². The van der Waals surface area contributed by atoms with E-state index in [0.29, 0.717) is 18.3 Å². The fourth-order valence-electron chi connectivity index (χ4n) is 4.40. The second kappa shape index (κ2) is 9.80. The summed E-state index contributed by atoms with van der Waals surface area (Å²) >= 11 is 0. The molecule has 1 atom stereocenters. The van der Waals surface area contributed by atoms with Crippen LogP contribution in [0.4, 0.5) is 17.5 Å². The zero-order valence-electron chi connectivity index (χ0n) is 18.2. The Labute approximate surface area is 187 Å². The van der Waals surface area contributed by atoms with Gasteiger partial charge in [-0.15, -0.1) is 0 Å². The van der Waals surface area contributed by atoms with E-state index in [4.69, 9.17) is 5.73 Å². The number of hydrogen-bond acceptors (Lipinski definition) is 7. The van der Waals surface area contributed by atoms with Gasteiger partial charge in [-0.3, -0.25) is 14.3 Å². The number of amides is 2. The Kier molecular flexibility index (Phi) is 6.67. The third-order valence-corrected chi connectivity index (χ3v) is 6.11. The summed E-state index contributed by atoms with van der Waals surface area (Å²) in [7, 11) is 0. The van der Waals surface area contributed by atoms with Crippen LogP contribution in [-0.2, 0) is 4.79 Å². The Bertz CT molecular complexity index is 982. The van der Waals surface area contributed by atoms with Crippen molar-refractivity contribution in [1.82, 2.24) is 24.6 Å². The number of nitrogens with one attached hydrogen (secondary N) is 2. The molecule has 2 aromatic rings. The van der Waals surface area contributed by atoms with Crippen molar-refractivity contribution in [3.05, 3.63) is 36.8 Å². The Balaban J connectivity index is 1.46. The third-order valence-electron chi connectivity index (χ3n) is 6.11. The van der Waals surface area contributed by atoms with Gasteiger partial charge in [0, 0.05) is 31.5 Å². The predicted octanol–water partition coefficient (Wildman–Crippen LogP) is 2.61. The lowest BCUT2D eigenvalue weighted by Crippen LogP contribution is -2.39. The van der Waals surface area contributed by atoms with Crippen LogP contribution in [0.2, 0.25) is 0 Å². The second-order valence-corrected chi connectivity index (χ2v) is 8.42. The number of primary amides is 1. The standard InChI is InChI=1S/C22H30N8O2/c1-2-19(31)29-10-6-9-17(14-29)30-13-16(11-25-30)27-22-24-12-18(20(23)32)21(28-22)26-15-7-4-3-5-8-15/h2,11-13,15,17H,1,3-10,14H2,(H2,23,32)(H2,24,26,27,28)/t17-/m0/s1. The van der Waals surface area contributed by atoms with Crippen molar-refractivity contribution >= 4 is 29.3 Å². The van der Waals surface area contributed by atoms with E-state index in [1.165, 1.54) is 18.7 Å². The SMILES string of the molecule is C=CC(=O)N1CCC[C@H](n2cc(Nc3ncc(C(N)=O)c(NC4CCCCC4)n3)cn2)C1. The fraction of sp³-hybridized carbons (Fsp3) is 0.500. The maximum Gasteiger partial charge on any atom is 0.254 e. The number of carbonyl (C=O) groups excluding carboxylic acids is 2. The molecule has 2 aliphatic rings. The summed E-state index contributed by atoms with van der Waals surface area (Å²) < 4.78 is 1.86. The molecule has 2 amide bonds. The first-order valence-electron chi connectivity index (χ1n) is 11.2. The number of hydrogen-bond donors (Lipinski definition) is 3. The van der Waals surface area contributed by atoms with Crippen molar-refractivity contribution in [3.63, 3.8) is 0 Å². The normalized spacial score (nSPS) is 19.4. The second-order valence-electron chi connectivity index (χ2n) is 8.42. The summed E-state index contributed by atoms with van der Waals surface area (Å²) in [5.74, 6) is 0.208. The van der Waals surface area contributed by atoms with E-state index in [1.807, 2.05) is 10.9 Å². The van der Waals surface area contributed by atoms with E-state index in [9.17, 15) is 9.59 Å². The van der Waals surface area contributed by atoms with Crippen molar-refractivity contribution in [2.24, 2.45) is 5.73 Å². The van der Waals surface area contributed by atoms with E-state index >= 15 is 0 Å². The quantitative estimate of drug-likeness (QED) is 0.566. The van der Waals surface area contributed by atoms with Gasteiger partial charge >= 0.3 is 0 Å². The summed E-state index contributed by atoms with van der Waals surface area (Å²) in [6, 6.07) is 0.379. The first-order valence-corrected chi connectivity index (χ1v) is 11.2. The molecule has 1 aliphatic carbocycles. The van der Waals surface area contributed by atoms with Gasteiger partial charge < -0.3 is 21.3 Å². The highest BCUT2D eigenvalue weighted by molar-refractivity contribution is 5.97. The van der Waals surface area contributed by atoms with E-state index in [-0.39, 0.29) is 23.6 Å². The highest BCUT2D eigenvalue weighted by Gasteiger charge is 2.24. The lowest BCUT2D eigenvalue weighted by molar-refractivity contribution is -0.127. The average molecular weight is 439 g/mol. The number of nitrogens with two attached hydrogens (primary N) is 1. The maximum absolute atomic E-state index is 12.0. The molecule has 4 rings (SSSR count). The molecular weight excluding hydrogens is 408 g/mol. The summed E-state index contributed by atoms with van der Waals surface area (Å²) in [6.45, 7) is 4.92. The monoisotopic (exact) mass is 438 g/mol. The zero-order valence-corrected chi connectivity index (χ0v) is 18.2. The van der Waals surface area contributed by atoms with E-state index in [0.717, 1.165) is 50.8 Å². The average Bonchev–Trinajstić information content (AvgIpc) is 3.28. The minimum atomic E-state index is -0.557. The molecule has 0 bridgehead atoms. The number of likely N-dealkylation sites (tertiary alicyclic amines) is 1. The molecule has 170 valence electrons. The first-order chi connectivity index (χ1) is 15.5. The number of anilines is 3. The maximum atomic E-state index is 12.0. The molecular formula is C22H30N8O2. The van der Waals surface area contributed by atoms with Crippen LogP contribution in [0.3, 0.4) is 0 Å². The summed E-state index contributed by atoms with van der Waals surface area (Å²) in [5, 5.41) is 11.0. The molecule has 3 heterocycles. The molecule has 10 heteroatoms. The van der Waals surface area contributed by atoms with Crippen LogP contribution in [0.1, 0.15) is 61.3 Å². The molecule has 2 aromatic heterocycles. The predicted molar refractivity (Wildman–Crippen MR) is 122 cm³/mol. The smallest absolute Gasteiger partial charge is 0.254 e. The molecule has 0 unspecified atom stereocenters. The van der Waals surface area contributed by atoms with Gasteiger partial charge in [-0.05, 0) is 31.8 Å².